The third-order valence-electron chi connectivity index (χ3n) is 3.15. The zero-order valence-corrected chi connectivity index (χ0v) is 13.4. The van der Waals surface area contributed by atoms with E-state index in [2.05, 4.69) is 28.1 Å². The van der Waals surface area contributed by atoms with Crippen LogP contribution in [0.5, 0.6) is 0 Å². The molecule has 0 bridgehead atoms. The first-order valence-corrected chi connectivity index (χ1v) is 7.45. The van der Waals surface area contributed by atoms with Crippen LogP contribution < -0.4 is 0 Å². The predicted molar refractivity (Wildman–Crippen MR) is 81.1 cm³/mol. The molecule has 0 saturated carbocycles. The van der Waals surface area contributed by atoms with Gasteiger partial charge in [0.1, 0.15) is 0 Å². The maximum Gasteiger partial charge on any atom is 0.0766 e. The Labute approximate surface area is 128 Å². The van der Waals surface area contributed by atoms with Crippen LogP contribution in [-0.4, -0.2) is 5.88 Å². The van der Waals surface area contributed by atoms with Gasteiger partial charge in [0, 0.05) is 10.4 Å². The zero-order chi connectivity index (χ0) is 14.5. The number of halogens is 2. The van der Waals surface area contributed by atoms with Gasteiger partial charge in [-0.2, -0.15) is 10.5 Å². The number of hydrogen-bond acceptors (Lipinski definition) is 2. The van der Waals surface area contributed by atoms with Crippen molar-refractivity contribution in [2.75, 3.05) is 5.88 Å². The highest BCUT2D eigenvalue weighted by Gasteiger charge is 2.22. The molecule has 100 valence electrons. The van der Waals surface area contributed by atoms with Crippen LogP contribution in [0.3, 0.4) is 0 Å². The number of alkyl halides is 1. The molecule has 0 N–H and O–H groups in total. The van der Waals surface area contributed by atoms with E-state index >= 15 is 0 Å². The fraction of sp³-hybridized carbons (Fsp3) is 0.467. The Bertz CT molecular complexity index is 526. The van der Waals surface area contributed by atoms with E-state index in [0.717, 1.165) is 28.4 Å². The Morgan fingerprint density at radius 3 is 2.58 bits per heavy atom. The summed E-state index contributed by atoms with van der Waals surface area (Å²) >= 11 is 9.18. The van der Waals surface area contributed by atoms with Crippen molar-refractivity contribution in [3.8, 4) is 12.1 Å². The minimum atomic E-state index is -0.554. The Kier molecular flexibility index (Phi) is 5.85. The van der Waals surface area contributed by atoms with E-state index in [1.807, 2.05) is 32.0 Å². The lowest BCUT2D eigenvalue weighted by Gasteiger charge is -2.19. The van der Waals surface area contributed by atoms with Crippen molar-refractivity contribution in [1.82, 2.24) is 0 Å². The summed E-state index contributed by atoms with van der Waals surface area (Å²) in [7, 11) is 0. The molecule has 0 spiro atoms. The lowest BCUT2D eigenvalue weighted by molar-refractivity contribution is 0.678. The molecule has 1 aromatic carbocycles. The Hall–Kier alpha value is -1.03. The van der Waals surface area contributed by atoms with Crippen molar-refractivity contribution in [2.45, 2.75) is 38.0 Å². The topological polar surface area (TPSA) is 47.6 Å². The predicted octanol–water partition coefficient (Wildman–Crippen LogP) is 4.88. The van der Waals surface area contributed by atoms with Crippen molar-refractivity contribution in [1.29, 1.82) is 10.5 Å². The monoisotopic (exact) mass is 338 g/mol. The van der Waals surface area contributed by atoms with Gasteiger partial charge in [0.25, 0.3) is 0 Å². The van der Waals surface area contributed by atoms with Crippen LogP contribution in [0, 0.1) is 22.7 Å². The summed E-state index contributed by atoms with van der Waals surface area (Å²) in [5.41, 5.74) is 1.31. The zero-order valence-electron chi connectivity index (χ0n) is 11.1. The molecule has 0 heterocycles. The van der Waals surface area contributed by atoms with Gasteiger partial charge in [-0.25, -0.2) is 0 Å². The minimum absolute atomic E-state index is 0.192. The number of nitriles is 2. The molecule has 1 unspecified atom stereocenters. The molecular formula is C15H16BrClN2. The van der Waals surface area contributed by atoms with E-state index < -0.39 is 5.41 Å². The summed E-state index contributed by atoms with van der Waals surface area (Å²) < 4.78 is 0.908. The largest absolute Gasteiger partial charge is 0.198 e. The van der Waals surface area contributed by atoms with Gasteiger partial charge in [0.15, 0.2) is 0 Å². The highest BCUT2D eigenvalue weighted by molar-refractivity contribution is 9.10. The summed E-state index contributed by atoms with van der Waals surface area (Å²) in [6.07, 6.45) is 1.53. The molecule has 0 aliphatic rings. The van der Waals surface area contributed by atoms with Crippen LogP contribution in [0.1, 0.15) is 43.7 Å². The third kappa shape index (κ3) is 3.96. The Morgan fingerprint density at radius 2 is 2.05 bits per heavy atom. The van der Waals surface area contributed by atoms with E-state index in [1.165, 1.54) is 0 Å². The quantitative estimate of drug-likeness (QED) is 0.718. The van der Waals surface area contributed by atoms with E-state index in [9.17, 15) is 10.5 Å². The second kappa shape index (κ2) is 6.94. The van der Waals surface area contributed by atoms with E-state index in [0.29, 0.717) is 5.88 Å². The van der Waals surface area contributed by atoms with E-state index in [-0.39, 0.29) is 5.92 Å². The fourth-order valence-electron chi connectivity index (χ4n) is 1.83. The van der Waals surface area contributed by atoms with Crippen LogP contribution in [0.2, 0.25) is 0 Å². The average Bonchev–Trinajstić information content (AvgIpc) is 2.41. The first-order chi connectivity index (χ1) is 8.96. The molecule has 1 atom stereocenters. The molecule has 4 heteroatoms. The summed E-state index contributed by atoms with van der Waals surface area (Å²) in [6.45, 7) is 3.75. The molecular weight excluding hydrogens is 324 g/mol. The third-order valence-corrected chi connectivity index (χ3v) is 4.14. The van der Waals surface area contributed by atoms with Gasteiger partial charge < -0.3 is 0 Å². The molecule has 0 fully saturated rings. The molecule has 0 aliphatic heterocycles. The van der Waals surface area contributed by atoms with Crippen molar-refractivity contribution in [3.05, 3.63) is 33.8 Å². The first-order valence-electron chi connectivity index (χ1n) is 6.13. The van der Waals surface area contributed by atoms with Crippen LogP contribution in [0.25, 0.3) is 0 Å². The van der Waals surface area contributed by atoms with Gasteiger partial charge in [-0.1, -0.05) is 28.1 Å². The Balaban J connectivity index is 3.17. The second-order valence-electron chi connectivity index (χ2n) is 4.99. The summed E-state index contributed by atoms with van der Waals surface area (Å²) in [4.78, 5) is 0. The highest BCUT2D eigenvalue weighted by Crippen LogP contribution is 2.32. The summed E-state index contributed by atoms with van der Waals surface area (Å²) in [6, 6.07) is 10.4. The molecule has 1 aromatic rings. The first kappa shape index (κ1) is 16.0. The van der Waals surface area contributed by atoms with Crippen molar-refractivity contribution in [3.63, 3.8) is 0 Å². The molecule has 1 rings (SSSR count). The van der Waals surface area contributed by atoms with E-state index in [4.69, 9.17) is 11.6 Å². The van der Waals surface area contributed by atoms with Crippen LogP contribution in [0.4, 0.5) is 0 Å². The maximum atomic E-state index is 9.30. The normalized spacial score (nSPS) is 12.5. The van der Waals surface area contributed by atoms with Crippen LogP contribution >= 0.6 is 27.5 Å². The lowest BCUT2D eigenvalue weighted by Crippen LogP contribution is -2.14. The minimum Gasteiger partial charge on any atom is -0.198 e. The van der Waals surface area contributed by atoms with Gasteiger partial charge in [-0.05, 0) is 43.9 Å². The second-order valence-corrected chi connectivity index (χ2v) is 6.22. The number of benzene rings is 1. The molecule has 0 saturated heterocycles. The molecule has 0 aliphatic carbocycles. The molecule has 0 amide bonds. The maximum absolute atomic E-state index is 9.30. The van der Waals surface area contributed by atoms with Gasteiger partial charge in [0.2, 0.25) is 0 Å². The molecule has 2 nitrogen and oxygen atoms in total. The van der Waals surface area contributed by atoms with Crippen molar-refractivity contribution < 1.29 is 0 Å². The average molecular weight is 340 g/mol. The number of rotatable bonds is 5. The van der Waals surface area contributed by atoms with Crippen molar-refractivity contribution >= 4 is 27.5 Å². The van der Waals surface area contributed by atoms with Gasteiger partial charge in [0.05, 0.1) is 23.5 Å². The van der Waals surface area contributed by atoms with Gasteiger partial charge in [-0.3, -0.25) is 0 Å². The number of nitrogens with zero attached hydrogens (tertiary/aromatic N) is 2. The summed E-state index contributed by atoms with van der Waals surface area (Å²) in [5, 5.41) is 18.5. The molecule has 0 radical (unpaired) electrons. The van der Waals surface area contributed by atoms with Crippen LogP contribution in [-0.2, 0) is 5.41 Å². The summed E-state index contributed by atoms with van der Waals surface area (Å²) in [5.74, 6) is 0.363. The van der Waals surface area contributed by atoms with Crippen molar-refractivity contribution in [2.24, 2.45) is 0 Å². The standard InChI is InChI=1S/C15H16BrClN2/c1-15(2,10-19)12-5-6-14(16)13(8-12)11(9-18)4-3-7-17/h5-6,8,11H,3-4,7H2,1-2H3. The van der Waals surface area contributed by atoms with Gasteiger partial charge >= 0.3 is 0 Å². The van der Waals surface area contributed by atoms with Gasteiger partial charge in [-0.15, -0.1) is 11.6 Å². The smallest absolute Gasteiger partial charge is 0.0766 e. The SMILES string of the molecule is CC(C)(C#N)c1ccc(Br)c(C(C#N)CCCCl)c1. The fourth-order valence-corrected chi connectivity index (χ4v) is 2.51. The molecule has 0 aromatic heterocycles. The van der Waals surface area contributed by atoms with Crippen LogP contribution in [0.15, 0.2) is 22.7 Å². The molecule has 19 heavy (non-hydrogen) atoms. The number of hydrogen-bond donors (Lipinski definition) is 0. The Morgan fingerprint density at radius 1 is 1.37 bits per heavy atom. The lowest BCUT2D eigenvalue weighted by atomic mass is 9.83. The van der Waals surface area contributed by atoms with E-state index in [1.54, 1.807) is 0 Å². The highest BCUT2D eigenvalue weighted by atomic mass is 79.9.